The van der Waals surface area contributed by atoms with E-state index in [1.54, 1.807) is 22.9 Å². The van der Waals surface area contributed by atoms with Gasteiger partial charge in [0.15, 0.2) is 5.67 Å². The summed E-state index contributed by atoms with van der Waals surface area (Å²) in [6, 6.07) is 3.08. The Kier molecular flexibility index (Phi) is 7.96. The molecule has 1 atom stereocenters. The molecule has 2 saturated carbocycles. The van der Waals surface area contributed by atoms with Gasteiger partial charge in [0.1, 0.15) is 11.9 Å². The Bertz CT molecular complexity index is 1050. The summed E-state index contributed by atoms with van der Waals surface area (Å²) in [5.74, 6) is -2.49. The smallest absolute Gasteiger partial charge is 0.318 e. The number of hydrogen-bond acceptors (Lipinski definition) is 5. The third-order valence-corrected chi connectivity index (χ3v) is 7.08. The van der Waals surface area contributed by atoms with Gasteiger partial charge < -0.3 is 30.7 Å². The van der Waals surface area contributed by atoms with Crippen LogP contribution in [-0.2, 0) is 20.8 Å². The molecule has 1 saturated heterocycles. The Morgan fingerprint density at radius 1 is 1.14 bits per heavy atom. The molecule has 0 spiro atoms. The summed E-state index contributed by atoms with van der Waals surface area (Å²) in [5.41, 5.74) is -1.53. The molecular weight excluding hydrogens is 486 g/mol. The van der Waals surface area contributed by atoms with Crippen molar-refractivity contribution in [2.75, 3.05) is 52.1 Å². The quantitative estimate of drug-likeness (QED) is 0.447. The van der Waals surface area contributed by atoms with Gasteiger partial charge in [-0.1, -0.05) is 6.07 Å². The number of halogens is 2. The fourth-order valence-corrected chi connectivity index (χ4v) is 4.20. The van der Waals surface area contributed by atoms with Crippen LogP contribution in [-0.4, -0.2) is 103 Å². The highest BCUT2D eigenvalue weighted by molar-refractivity contribution is 5.96. The van der Waals surface area contributed by atoms with Crippen LogP contribution in [0.1, 0.15) is 31.2 Å². The molecule has 3 aliphatic rings. The Labute approximate surface area is 214 Å². The molecule has 202 valence electrons. The largest absolute Gasteiger partial charge is 0.344 e. The summed E-state index contributed by atoms with van der Waals surface area (Å²) >= 11 is 0. The normalized spacial score (nSPS) is 19.5. The summed E-state index contributed by atoms with van der Waals surface area (Å²) in [5, 5.41) is 7.39. The predicted molar refractivity (Wildman–Crippen MR) is 132 cm³/mol. The van der Waals surface area contributed by atoms with Gasteiger partial charge in [0.05, 0.1) is 12.2 Å². The number of piperazine rings is 1. The number of nitrogens with one attached hydrogen (secondary N) is 3. The molecule has 1 unspecified atom stereocenters. The first-order chi connectivity index (χ1) is 17.6. The van der Waals surface area contributed by atoms with E-state index in [1.165, 1.54) is 12.1 Å². The molecule has 10 nitrogen and oxygen atoms in total. The van der Waals surface area contributed by atoms with E-state index in [9.17, 15) is 28.0 Å². The number of urea groups is 1. The van der Waals surface area contributed by atoms with Gasteiger partial charge in [-0.15, -0.1) is 0 Å². The van der Waals surface area contributed by atoms with Crippen LogP contribution in [0.2, 0.25) is 0 Å². The fourth-order valence-electron chi connectivity index (χ4n) is 4.20. The summed E-state index contributed by atoms with van der Waals surface area (Å²) in [7, 11) is 3.68. The van der Waals surface area contributed by atoms with Crippen LogP contribution < -0.4 is 16.0 Å². The maximum Gasteiger partial charge on any atom is 0.318 e. The van der Waals surface area contributed by atoms with Gasteiger partial charge in [0.25, 0.3) is 5.91 Å². The lowest BCUT2D eigenvalue weighted by Gasteiger charge is -2.35. The molecule has 1 heterocycles. The number of rotatable bonds is 9. The van der Waals surface area contributed by atoms with Crippen molar-refractivity contribution in [3.05, 3.63) is 29.6 Å². The lowest BCUT2D eigenvalue weighted by atomic mass is 10.0. The lowest BCUT2D eigenvalue weighted by Crippen LogP contribution is -2.56. The maximum atomic E-state index is 14.8. The van der Waals surface area contributed by atoms with Gasteiger partial charge in [0.2, 0.25) is 11.8 Å². The summed E-state index contributed by atoms with van der Waals surface area (Å²) in [6.45, 7) is 2.06. The Morgan fingerprint density at radius 2 is 1.81 bits per heavy atom. The van der Waals surface area contributed by atoms with Crippen molar-refractivity contribution in [2.45, 2.75) is 49.9 Å². The average Bonchev–Trinajstić information content (AvgIpc) is 3.80. The first-order valence-corrected chi connectivity index (χ1v) is 12.6. The number of carbonyl (C=O) groups is 4. The van der Waals surface area contributed by atoms with Crippen molar-refractivity contribution in [1.29, 1.82) is 0 Å². The van der Waals surface area contributed by atoms with Crippen LogP contribution in [0, 0.1) is 5.82 Å². The van der Waals surface area contributed by atoms with Gasteiger partial charge >= 0.3 is 6.03 Å². The molecule has 1 aromatic carbocycles. The van der Waals surface area contributed by atoms with Crippen LogP contribution in [0.3, 0.4) is 0 Å². The van der Waals surface area contributed by atoms with Crippen LogP contribution in [0.4, 0.5) is 19.3 Å². The Morgan fingerprint density at radius 3 is 2.41 bits per heavy atom. The molecule has 0 radical (unpaired) electrons. The third kappa shape index (κ3) is 6.94. The number of nitrogens with zero attached hydrogens (tertiary/aromatic N) is 3. The van der Waals surface area contributed by atoms with E-state index in [0.717, 1.165) is 25.9 Å². The van der Waals surface area contributed by atoms with E-state index in [4.69, 9.17) is 0 Å². The predicted octanol–water partition coefficient (Wildman–Crippen LogP) is 0.871. The second-order valence-electron chi connectivity index (χ2n) is 10.2. The van der Waals surface area contributed by atoms with E-state index >= 15 is 0 Å². The number of hydrogen-bond donors (Lipinski definition) is 3. The summed E-state index contributed by atoms with van der Waals surface area (Å²) < 4.78 is 28.5. The SMILES string of the molecule is CN1CCN(C(=O)C(Cc2ccc(NC(=O)CNC(=O)C3(F)CC3)c(F)c2)NC(=O)N(C)C2CC2)CC1. The molecule has 12 heteroatoms. The highest BCUT2D eigenvalue weighted by atomic mass is 19.1. The highest BCUT2D eigenvalue weighted by Crippen LogP contribution is 2.39. The third-order valence-electron chi connectivity index (χ3n) is 7.08. The van der Waals surface area contributed by atoms with Gasteiger partial charge in [-0.25, -0.2) is 13.6 Å². The van der Waals surface area contributed by atoms with Crippen LogP contribution in [0.25, 0.3) is 0 Å². The molecule has 4 rings (SSSR count). The second-order valence-corrected chi connectivity index (χ2v) is 10.2. The van der Waals surface area contributed by atoms with Crippen molar-refractivity contribution in [2.24, 2.45) is 0 Å². The lowest BCUT2D eigenvalue weighted by molar-refractivity contribution is -0.134. The molecule has 1 aromatic rings. The van der Waals surface area contributed by atoms with Gasteiger partial charge in [0, 0.05) is 45.7 Å². The van der Waals surface area contributed by atoms with E-state index in [1.807, 2.05) is 7.05 Å². The van der Waals surface area contributed by atoms with Crippen molar-refractivity contribution in [3.63, 3.8) is 0 Å². The van der Waals surface area contributed by atoms with E-state index in [2.05, 4.69) is 20.9 Å². The van der Waals surface area contributed by atoms with E-state index < -0.39 is 35.9 Å². The molecule has 3 fully saturated rings. The Hall–Kier alpha value is -3.28. The molecule has 37 heavy (non-hydrogen) atoms. The van der Waals surface area contributed by atoms with Gasteiger partial charge in [-0.05, 0) is 50.4 Å². The first-order valence-electron chi connectivity index (χ1n) is 12.6. The molecule has 0 aromatic heterocycles. The van der Waals surface area contributed by atoms with Gasteiger partial charge in [-0.3, -0.25) is 14.4 Å². The van der Waals surface area contributed by atoms with E-state index in [0.29, 0.717) is 18.7 Å². The zero-order valence-electron chi connectivity index (χ0n) is 21.2. The molecular formula is C25H34F2N6O4. The second kappa shape index (κ2) is 11.0. The van der Waals surface area contributed by atoms with Crippen molar-refractivity contribution < 1.29 is 28.0 Å². The topological polar surface area (TPSA) is 114 Å². The Balaban J connectivity index is 1.38. The van der Waals surface area contributed by atoms with Crippen molar-refractivity contribution in [3.8, 4) is 0 Å². The zero-order valence-corrected chi connectivity index (χ0v) is 21.2. The standard InChI is InChI=1S/C25H34F2N6O4/c1-31-9-11-33(12-10-31)22(35)20(30-24(37)32(2)17-4-5-17)14-16-3-6-19(18(26)13-16)29-21(34)15-28-23(36)25(27)7-8-25/h3,6,13,17,20H,4-5,7-12,14-15H2,1-2H3,(H,28,36)(H,29,34)(H,30,37). The van der Waals surface area contributed by atoms with E-state index in [-0.39, 0.29) is 42.9 Å². The summed E-state index contributed by atoms with van der Waals surface area (Å²) in [4.78, 5) is 55.2. The van der Waals surface area contributed by atoms with Crippen LogP contribution in [0.15, 0.2) is 18.2 Å². The molecule has 2 aliphatic carbocycles. The number of benzene rings is 1. The number of amides is 5. The number of likely N-dealkylation sites (N-methyl/N-ethyl adjacent to an activating group) is 1. The van der Waals surface area contributed by atoms with Gasteiger partial charge in [-0.2, -0.15) is 0 Å². The maximum absolute atomic E-state index is 14.8. The fraction of sp³-hybridized carbons (Fsp3) is 0.600. The molecule has 3 N–H and O–H groups in total. The minimum atomic E-state index is -1.89. The van der Waals surface area contributed by atoms with Crippen molar-refractivity contribution in [1.82, 2.24) is 25.3 Å². The molecule has 0 bridgehead atoms. The first kappa shape index (κ1) is 26.8. The number of anilines is 1. The zero-order chi connectivity index (χ0) is 26.7. The minimum absolute atomic E-state index is 0.0786. The number of alkyl halides is 1. The minimum Gasteiger partial charge on any atom is -0.344 e. The number of carbonyl (C=O) groups excluding carboxylic acids is 4. The summed E-state index contributed by atoms with van der Waals surface area (Å²) in [6.07, 6.45) is 2.20. The van der Waals surface area contributed by atoms with Crippen LogP contribution in [0.5, 0.6) is 0 Å². The van der Waals surface area contributed by atoms with Crippen LogP contribution >= 0.6 is 0 Å². The monoisotopic (exact) mass is 520 g/mol. The molecule has 5 amide bonds. The van der Waals surface area contributed by atoms with Crippen molar-refractivity contribution >= 4 is 29.4 Å². The highest BCUT2D eigenvalue weighted by Gasteiger charge is 2.50. The molecule has 1 aliphatic heterocycles. The average molecular weight is 521 g/mol.